The van der Waals surface area contributed by atoms with Gasteiger partial charge in [0.05, 0.1) is 17.1 Å². The first-order chi connectivity index (χ1) is 10.0. The van der Waals surface area contributed by atoms with E-state index in [-0.39, 0.29) is 23.4 Å². The van der Waals surface area contributed by atoms with Gasteiger partial charge in [0, 0.05) is 13.2 Å². The van der Waals surface area contributed by atoms with Crippen LogP contribution in [0.25, 0.3) is 0 Å². The first-order valence-electron chi connectivity index (χ1n) is 6.98. The third kappa shape index (κ3) is 3.30. The van der Waals surface area contributed by atoms with Crippen LogP contribution in [0, 0.1) is 10.1 Å². The van der Waals surface area contributed by atoms with E-state index in [1.54, 1.807) is 12.1 Å². The fraction of sp³-hybridized carbons (Fsp3) is 0.500. The van der Waals surface area contributed by atoms with Crippen LogP contribution in [-0.4, -0.2) is 36.1 Å². The van der Waals surface area contributed by atoms with E-state index < -0.39 is 10.8 Å². The van der Waals surface area contributed by atoms with Crippen molar-refractivity contribution in [2.75, 3.05) is 18.5 Å². The smallest absolute Gasteiger partial charge is 0.305 e. The van der Waals surface area contributed by atoms with Crippen LogP contribution in [0.5, 0.6) is 0 Å². The van der Waals surface area contributed by atoms with Gasteiger partial charge in [0.1, 0.15) is 11.3 Å². The Balaban J connectivity index is 2.27. The van der Waals surface area contributed by atoms with Crippen LogP contribution in [0.2, 0.25) is 0 Å². The lowest BCUT2D eigenvalue weighted by Gasteiger charge is -2.16. The van der Waals surface area contributed by atoms with Gasteiger partial charge in [0.25, 0.3) is 5.91 Å². The van der Waals surface area contributed by atoms with Gasteiger partial charge >= 0.3 is 5.69 Å². The molecule has 7 heteroatoms. The number of para-hydroxylation sites is 1. The number of hydrogen-bond acceptors (Lipinski definition) is 5. The Labute approximate surface area is 122 Å². The topological polar surface area (TPSA) is 93.5 Å². The average molecular weight is 293 g/mol. The van der Waals surface area contributed by atoms with E-state index in [0.29, 0.717) is 25.3 Å². The molecule has 1 amide bonds. The molecule has 114 valence electrons. The molecular formula is C14H19N3O4. The summed E-state index contributed by atoms with van der Waals surface area (Å²) in [5, 5.41) is 17.0. The molecule has 1 aromatic rings. The van der Waals surface area contributed by atoms with E-state index in [1.807, 2.05) is 13.8 Å². The largest absolute Gasteiger partial charge is 0.380 e. The van der Waals surface area contributed by atoms with Crippen LogP contribution >= 0.6 is 0 Å². The van der Waals surface area contributed by atoms with Crippen molar-refractivity contribution in [2.45, 2.75) is 32.4 Å². The zero-order valence-corrected chi connectivity index (χ0v) is 12.1. The number of nitro groups is 1. The second kappa shape index (κ2) is 6.53. The summed E-state index contributed by atoms with van der Waals surface area (Å²) in [5.74, 6) is -0.441. The normalized spacial score (nSPS) is 21.0. The van der Waals surface area contributed by atoms with Gasteiger partial charge < -0.3 is 15.4 Å². The molecule has 0 saturated carbocycles. The molecule has 1 aliphatic rings. The number of nitro benzene ring substituents is 1. The third-order valence-corrected chi connectivity index (χ3v) is 3.52. The highest BCUT2D eigenvalue weighted by molar-refractivity contribution is 6.00. The number of hydrogen-bond donors (Lipinski definition) is 2. The van der Waals surface area contributed by atoms with Crippen molar-refractivity contribution in [2.24, 2.45) is 0 Å². The number of benzene rings is 1. The van der Waals surface area contributed by atoms with Crippen LogP contribution in [-0.2, 0) is 4.74 Å². The number of ether oxygens (including phenoxy) is 1. The number of rotatable bonds is 5. The Morgan fingerprint density at radius 2 is 2.29 bits per heavy atom. The summed E-state index contributed by atoms with van der Waals surface area (Å²) in [6, 6.07) is 4.59. The second-order valence-electron chi connectivity index (χ2n) is 4.93. The number of anilines is 1. The summed E-state index contributed by atoms with van der Waals surface area (Å²) >= 11 is 0. The molecule has 1 heterocycles. The molecule has 0 spiro atoms. The van der Waals surface area contributed by atoms with Gasteiger partial charge in [-0.3, -0.25) is 14.9 Å². The highest BCUT2D eigenvalue weighted by Crippen LogP contribution is 2.29. The highest BCUT2D eigenvalue weighted by atomic mass is 16.6. The molecule has 2 unspecified atom stereocenters. The summed E-state index contributed by atoms with van der Waals surface area (Å²) in [5.41, 5.74) is 0.229. The number of nitrogens with one attached hydrogen (secondary N) is 2. The maximum Gasteiger partial charge on any atom is 0.305 e. The minimum Gasteiger partial charge on any atom is -0.380 e. The fourth-order valence-electron chi connectivity index (χ4n) is 2.42. The quantitative estimate of drug-likeness (QED) is 0.639. The van der Waals surface area contributed by atoms with Crippen LogP contribution < -0.4 is 10.6 Å². The number of carbonyl (C=O) groups is 1. The van der Waals surface area contributed by atoms with Gasteiger partial charge in [-0.15, -0.1) is 0 Å². The lowest BCUT2D eigenvalue weighted by atomic mass is 10.1. The Kier molecular flexibility index (Phi) is 4.74. The fourth-order valence-corrected chi connectivity index (χ4v) is 2.42. The van der Waals surface area contributed by atoms with Crippen molar-refractivity contribution in [3.63, 3.8) is 0 Å². The van der Waals surface area contributed by atoms with Gasteiger partial charge in [0.15, 0.2) is 0 Å². The molecule has 1 aromatic carbocycles. The second-order valence-corrected chi connectivity index (χ2v) is 4.93. The van der Waals surface area contributed by atoms with E-state index in [4.69, 9.17) is 4.74 Å². The molecule has 2 atom stereocenters. The Hall–Kier alpha value is -2.15. The summed E-state index contributed by atoms with van der Waals surface area (Å²) in [6.45, 7) is 4.85. The Bertz CT molecular complexity index is 547. The third-order valence-electron chi connectivity index (χ3n) is 3.52. The lowest BCUT2D eigenvalue weighted by molar-refractivity contribution is -0.384. The maximum absolute atomic E-state index is 12.3. The molecule has 2 rings (SSSR count). The first-order valence-corrected chi connectivity index (χ1v) is 6.98. The highest BCUT2D eigenvalue weighted by Gasteiger charge is 2.29. The van der Waals surface area contributed by atoms with Crippen molar-refractivity contribution in [1.82, 2.24) is 5.32 Å². The van der Waals surface area contributed by atoms with Gasteiger partial charge in [-0.05, 0) is 32.4 Å². The predicted octanol–water partition coefficient (Wildman–Crippen LogP) is 1.93. The molecule has 7 nitrogen and oxygen atoms in total. The van der Waals surface area contributed by atoms with Gasteiger partial charge in [-0.2, -0.15) is 0 Å². The Morgan fingerprint density at radius 1 is 1.52 bits per heavy atom. The minimum atomic E-state index is -0.526. The molecule has 0 aromatic heterocycles. The summed E-state index contributed by atoms with van der Waals surface area (Å²) in [7, 11) is 0. The SMILES string of the molecule is CCNc1cccc(C(=O)NC2CCOC2C)c1[N+](=O)[O-]. The number of amides is 1. The average Bonchev–Trinajstić information content (AvgIpc) is 2.84. The molecule has 21 heavy (non-hydrogen) atoms. The van der Waals surface area contributed by atoms with Crippen molar-refractivity contribution < 1.29 is 14.5 Å². The van der Waals surface area contributed by atoms with E-state index in [0.717, 1.165) is 0 Å². The number of carbonyl (C=O) groups excluding carboxylic acids is 1. The van der Waals surface area contributed by atoms with Crippen LogP contribution in [0.1, 0.15) is 30.6 Å². The summed E-state index contributed by atoms with van der Waals surface area (Å²) in [6.07, 6.45) is 0.637. The molecule has 0 radical (unpaired) electrons. The van der Waals surface area contributed by atoms with E-state index in [1.165, 1.54) is 6.07 Å². The monoisotopic (exact) mass is 293 g/mol. The van der Waals surface area contributed by atoms with Gasteiger partial charge in [-0.25, -0.2) is 0 Å². The predicted molar refractivity (Wildman–Crippen MR) is 78.5 cm³/mol. The van der Waals surface area contributed by atoms with Crippen LogP contribution in [0.3, 0.4) is 0 Å². The van der Waals surface area contributed by atoms with E-state index >= 15 is 0 Å². The standard InChI is InChI=1S/C14H19N3O4/c1-3-15-12-6-4-5-10(13(12)17(19)20)14(18)16-11-7-8-21-9(11)2/h4-6,9,11,15H,3,7-8H2,1-2H3,(H,16,18). The first kappa shape index (κ1) is 15.2. The zero-order valence-electron chi connectivity index (χ0n) is 12.1. The molecule has 1 fully saturated rings. The van der Waals surface area contributed by atoms with Gasteiger partial charge in [-0.1, -0.05) is 6.07 Å². The molecular weight excluding hydrogens is 274 g/mol. The molecule has 0 bridgehead atoms. The summed E-state index contributed by atoms with van der Waals surface area (Å²) < 4.78 is 5.38. The minimum absolute atomic E-state index is 0.0672. The van der Waals surface area contributed by atoms with Gasteiger partial charge in [0.2, 0.25) is 0 Å². The van der Waals surface area contributed by atoms with Crippen molar-refractivity contribution in [3.05, 3.63) is 33.9 Å². The zero-order chi connectivity index (χ0) is 15.4. The van der Waals surface area contributed by atoms with Crippen molar-refractivity contribution in [3.8, 4) is 0 Å². The molecule has 0 aliphatic carbocycles. The van der Waals surface area contributed by atoms with Crippen molar-refractivity contribution in [1.29, 1.82) is 0 Å². The summed E-state index contributed by atoms with van der Waals surface area (Å²) in [4.78, 5) is 23.1. The lowest BCUT2D eigenvalue weighted by Crippen LogP contribution is -2.39. The maximum atomic E-state index is 12.3. The van der Waals surface area contributed by atoms with E-state index in [2.05, 4.69) is 10.6 Å². The molecule has 1 saturated heterocycles. The van der Waals surface area contributed by atoms with Crippen LogP contribution in [0.4, 0.5) is 11.4 Å². The van der Waals surface area contributed by atoms with E-state index in [9.17, 15) is 14.9 Å². The Morgan fingerprint density at radius 3 is 2.86 bits per heavy atom. The molecule has 1 aliphatic heterocycles. The number of nitrogens with zero attached hydrogens (tertiary/aromatic N) is 1. The molecule has 2 N–H and O–H groups in total. The van der Waals surface area contributed by atoms with Crippen molar-refractivity contribution >= 4 is 17.3 Å². The van der Waals surface area contributed by atoms with Crippen LogP contribution in [0.15, 0.2) is 18.2 Å².